The minimum Gasteiger partial charge on any atom is -0.272 e. The Kier molecular flexibility index (Phi) is 5.78. The highest BCUT2D eigenvalue weighted by atomic mass is 32.2. The van der Waals surface area contributed by atoms with Gasteiger partial charge in [0.15, 0.2) is 0 Å². The quantitative estimate of drug-likeness (QED) is 0.516. The molecule has 2 rings (SSSR count). The van der Waals surface area contributed by atoms with Gasteiger partial charge < -0.3 is 0 Å². The average molecular weight is 312 g/mol. The molecular weight excluding hydrogens is 292 g/mol. The number of nitrogens with zero attached hydrogens (tertiary/aromatic N) is 1. The number of thioether (sulfide) groups is 1. The number of aryl methyl sites for hydroxylation is 2. The molecular formula is C18H20N2OS. The smallest absolute Gasteiger partial charge is 0.253 e. The summed E-state index contributed by atoms with van der Waals surface area (Å²) in [6, 6.07) is 16.1. The van der Waals surface area contributed by atoms with E-state index >= 15 is 0 Å². The Balaban J connectivity index is 1.87. The highest BCUT2D eigenvalue weighted by Crippen LogP contribution is 2.23. The molecule has 0 heterocycles. The predicted molar refractivity (Wildman–Crippen MR) is 93.4 cm³/mol. The van der Waals surface area contributed by atoms with Crippen LogP contribution in [-0.2, 0) is 4.79 Å². The molecule has 0 radical (unpaired) electrons. The topological polar surface area (TPSA) is 41.5 Å². The molecule has 1 N–H and O–H groups in total. The first-order valence-electron chi connectivity index (χ1n) is 7.17. The number of hydrazone groups is 1. The van der Waals surface area contributed by atoms with Crippen molar-refractivity contribution in [2.45, 2.75) is 30.9 Å². The van der Waals surface area contributed by atoms with Crippen LogP contribution in [0.3, 0.4) is 0 Å². The van der Waals surface area contributed by atoms with Crippen molar-refractivity contribution in [2.75, 3.05) is 0 Å². The molecule has 114 valence electrons. The third kappa shape index (κ3) is 5.04. The molecule has 2 aromatic rings. The number of nitrogens with one attached hydrogen (secondary N) is 1. The Labute approximate surface area is 135 Å². The first kappa shape index (κ1) is 16.3. The zero-order valence-corrected chi connectivity index (χ0v) is 13.9. The summed E-state index contributed by atoms with van der Waals surface area (Å²) >= 11 is 1.52. The summed E-state index contributed by atoms with van der Waals surface area (Å²) in [4.78, 5) is 13.1. The van der Waals surface area contributed by atoms with Crippen molar-refractivity contribution in [3.05, 3.63) is 65.2 Å². The van der Waals surface area contributed by atoms with Crippen LogP contribution in [0.5, 0.6) is 0 Å². The van der Waals surface area contributed by atoms with Crippen molar-refractivity contribution >= 4 is 23.9 Å². The summed E-state index contributed by atoms with van der Waals surface area (Å²) in [6.07, 6.45) is 1.66. The lowest BCUT2D eigenvalue weighted by Gasteiger charge is -2.09. The maximum absolute atomic E-state index is 12.0. The molecule has 0 saturated heterocycles. The number of hydrogen-bond donors (Lipinski definition) is 1. The van der Waals surface area contributed by atoms with Crippen molar-refractivity contribution < 1.29 is 4.79 Å². The monoisotopic (exact) mass is 312 g/mol. The van der Waals surface area contributed by atoms with Crippen LogP contribution >= 0.6 is 11.8 Å². The van der Waals surface area contributed by atoms with Crippen LogP contribution in [-0.4, -0.2) is 17.4 Å². The molecule has 1 atom stereocenters. The van der Waals surface area contributed by atoms with E-state index in [0.717, 1.165) is 10.5 Å². The van der Waals surface area contributed by atoms with Crippen LogP contribution in [0.25, 0.3) is 0 Å². The first-order chi connectivity index (χ1) is 10.5. The number of carbonyl (C=O) groups is 1. The van der Waals surface area contributed by atoms with Crippen molar-refractivity contribution in [1.82, 2.24) is 5.43 Å². The summed E-state index contributed by atoms with van der Waals surface area (Å²) in [5.74, 6) is -0.102. The third-order valence-corrected chi connectivity index (χ3v) is 4.25. The van der Waals surface area contributed by atoms with Crippen LogP contribution in [0.2, 0.25) is 0 Å². The zero-order valence-electron chi connectivity index (χ0n) is 13.0. The highest BCUT2D eigenvalue weighted by Gasteiger charge is 2.13. The zero-order chi connectivity index (χ0) is 15.9. The van der Waals surface area contributed by atoms with Gasteiger partial charge in [-0.2, -0.15) is 5.10 Å². The molecule has 1 amide bonds. The van der Waals surface area contributed by atoms with Crippen molar-refractivity contribution in [2.24, 2.45) is 5.10 Å². The van der Waals surface area contributed by atoms with E-state index in [2.05, 4.69) is 10.5 Å². The van der Waals surface area contributed by atoms with Crippen molar-refractivity contribution in [3.8, 4) is 0 Å². The molecule has 22 heavy (non-hydrogen) atoms. The molecule has 0 saturated carbocycles. The third-order valence-electron chi connectivity index (χ3n) is 3.13. The fraction of sp³-hybridized carbons (Fsp3) is 0.222. The molecule has 0 spiro atoms. The predicted octanol–water partition coefficient (Wildman–Crippen LogP) is 3.93. The number of hydrogen-bond acceptors (Lipinski definition) is 3. The second kappa shape index (κ2) is 7.80. The van der Waals surface area contributed by atoms with Gasteiger partial charge in [-0.3, -0.25) is 4.79 Å². The minimum absolute atomic E-state index is 0.102. The largest absolute Gasteiger partial charge is 0.272 e. The number of rotatable bonds is 5. The van der Waals surface area contributed by atoms with Crippen molar-refractivity contribution in [1.29, 1.82) is 0 Å². The summed E-state index contributed by atoms with van der Waals surface area (Å²) in [6.45, 7) is 5.95. The number of benzene rings is 2. The first-order valence-corrected chi connectivity index (χ1v) is 8.05. The van der Waals surface area contributed by atoms with E-state index in [9.17, 15) is 4.79 Å². The van der Waals surface area contributed by atoms with Gasteiger partial charge in [-0.15, -0.1) is 11.8 Å². The molecule has 4 heteroatoms. The van der Waals surface area contributed by atoms with E-state index in [-0.39, 0.29) is 11.2 Å². The maximum Gasteiger partial charge on any atom is 0.253 e. The van der Waals surface area contributed by atoms with E-state index in [1.165, 1.54) is 22.9 Å². The van der Waals surface area contributed by atoms with Crippen LogP contribution in [0.4, 0.5) is 0 Å². The molecule has 0 fully saturated rings. The van der Waals surface area contributed by atoms with Crippen LogP contribution < -0.4 is 5.43 Å². The van der Waals surface area contributed by atoms with E-state index in [0.29, 0.717) is 0 Å². The fourth-order valence-electron chi connectivity index (χ4n) is 1.89. The lowest BCUT2D eigenvalue weighted by molar-refractivity contribution is -0.120. The number of carbonyl (C=O) groups excluding carboxylic acids is 1. The normalized spacial score (nSPS) is 12.3. The van der Waals surface area contributed by atoms with Crippen LogP contribution in [0.1, 0.15) is 23.6 Å². The minimum atomic E-state index is -0.197. The SMILES string of the molecule is Cc1ccc(S[C@H](C)C(=O)N/N=C\c2cccc(C)c2)cc1. The Bertz CT molecular complexity index is 665. The van der Waals surface area contributed by atoms with Crippen LogP contribution in [0.15, 0.2) is 58.5 Å². The van der Waals surface area contributed by atoms with Gasteiger partial charge in [-0.05, 0) is 38.5 Å². The van der Waals surface area contributed by atoms with Gasteiger partial charge in [-0.1, -0.05) is 47.5 Å². The van der Waals surface area contributed by atoms with E-state index in [4.69, 9.17) is 0 Å². The highest BCUT2D eigenvalue weighted by molar-refractivity contribution is 8.00. The molecule has 0 aromatic heterocycles. The van der Waals surface area contributed by atoms with Gasteiger partial charge in [0.25, 0.3) is 5.91 Å². The van der Waals surface area contributed by atoms with Gasteiger partial charge in [0.05, 0.1) is 11.5 Å². The lowest BCUT2D eigenvalue weighted by atomic mass is 10.2. The van der Waals surface area contributed by atoms with Gasteiger partial charge in [0.1, 0.15) is 0 Å². The second-order valence-corrected chi connectivity index (χ2v) is 6.64. The molecule has 0 aliphatic rings. The van der Waals surface area contributed by atoms with E-state index < -0.39 is 0 Å². The Morgan fingerprint density at radius 2 is 1.86 bits per heavy atom. The van der Waals surface area contributed by atoms with E-state index in [1.54, 1.807) is 6.21 Å². The molecule has 0 unspecified atom stereocenters. The standard InChI is InChI=1S/C18H20N2OS/c1-13-7-9-17(10-8-13)22-15(3)18(21)20-19-12-16-6-4-5-14(2)11-16/h4-12,15H,1-3H3,(H,20,21)/b19-12-/t15-/m1/s1. The van der Waals surface area contributed by atoms with Crippen molar-refractivity contribution in [3.63, 3.8) is 0 Å². The molecule has 0 aliphatic carbocycles. The summed E-state index contributed by atoms with van der Waals surface area (Å²) in [5.41, 5.74) is 5.94. The summed E-state index contributed by atoms with van der Waals surface area (Å²) < 4.78 is 0. The van der Waals surface area contributed by atoms with Gasteiger partial charge in [0, 0.05) is 4.90 Å². The fourth-order valence-corrected chi connectivity index (χ4v) is 2.75. The Morgan fingerprint density at radius 1 is 1.14 bits per heavy atom. The molecule has 0 aliphatic heterocycles. The second-order valence-electron chi connectivity index (χ2n) is 5.22. The molecule has 3 nitrogen and oxygen atoms in total. The lowest BCUT2D eigenvalue weighted by Crippen LogP contribution is -2.26. The van der Waals surface area contributed by atoms with Gasteiger partial charge in [0.2, 0.25) is 0 Å². The maximum atomic E-state index is 12.0. The van der Waals surface area contributed by atoms with Crippen LogP contribution in [0, 0.1) is 13.8 Å². The molecule has 2 aromatic carbocycles. The Morgan fingerprint density at radius 3 is 2.55 bits per heavy atom. The number of amides is 1. The van der Waals surface area contributed by atoms with Gasteiger partial charge >= 0.3 is 0 Å². The summed E-state index contributed by atoms with van der Waals surface area (Å²) in [7, 11) is 0. The summed E-state index contributed by atoms with van der Waals surface area (Å²) in [5, 5.41) is 3.82. The van der Waals surface area contributed by atoms with Gasteiger partial charge in [-0.25, -0.2) is 5.43 Å². The Hall–Kier alpha value is -2.07. The van der Waals surface area contributed by atoms with E-state index in [1.807, 2.05) is 69.3 Å². The molecule has 0 bridgehead atoms. The average Bonchev–Trinajstić information content (AvgIpc) is 2.49.